The van der Waals surface area contributed by atoms with Crippen molar-refractivity contribution in [2.75, 3.05) is 0 Å². The van der Waals surface area contributed by atoms with Gasteiger partial charge < -0.3 is 9.52 Å². The normalized spacial score (nSPS) is 12.8. The number of benzene rings is 1. The second kappa shape index (κ2) is 4.52. The van der Waals surface area contributed by atoms with Gasteiger partial charge in [0.15, 0.2) is 0 Å². The van der Waals surface area contributed by atoms with E-state index in [2.05, 4.69) is 4.98 Å². The van der Waals surface area contributed by atoms with Crippen molar-refractivity contribution < 1.29 is 9.52 Å². The Labute approximate surface area is 111 Å². The van der Waals surface area contributed by atoms with Crippen molar-refractivity contribution in [3.63, 3.8) is 0 Å². The molecule has 0 aliphatic carbocycles. The number of hydrogen-bond donors (Lipinski definition) is 1. The van der Waals surface area contributed by atoms with Gasteiger partial charge in [-0.25, -0.2) is 0 Å². The number of furan rings is 1. The smallest absolute Gasteiger partial charge is 0.137 e. The van der Waals surface area contributed by atoms with Gasteiger partial charge >= 0.3 is 0 Å². The first-order valence-corrected chi connectivity index (χ1v) is 6.25. The number of nitrogens with zero attached hydrogens (tertiary/aromatic N) is 1. The first-order chi connectivity index (χ1) is 9.13. The first kappa shape index (κ1) is 11.9. The minimum atomic E-state index is -0.737. The zero-order chi connectivity index (χ0) is 13.4. The van der Waals surface area contributed by atoms with Gasteiger partial charge in [0.25, 0.3) is 0 Å². The van der Waals surface area contributed by atoms with Crippen LogP contribution in [0.25, 0.3) is 10.9 Å². The highest BCUT2D eigenvalue weighted by atomic mass is 16.4. The highest BCUT2D eigenvalue weighted by molar-refractivity contribution is 5.79. The molecule has 0 aliphatic rings. The molecule has 3 nitrogen and oxygen atoms in total. The lowest BCUT2D eigenvalue weighted by atomic mass is 10.0. The molecule has 3 aromatic rings. The Kier molecular flexibility index (Phi) is 2.84. The van der Waals surface area contributed by atoms with E-state index in [1.165, 1.54) is 0 Å². The van der Waals surface area contributed by atoms with Crippen molar-refractivity contribution in [2.24, 2.45) is 0 Å². The van der Waals surface area contributed by atoms with Crippen LogP contribution in [0.1, 0.15) is 28.9 Å². The van der Waals surface area contributed by atoms with Crippen molar-refractivity contribution in [3.8, 4) is 0 Å². The first-order valence-electron chi connectivity index (χ1n) is 6.25. The fourth-order valence-corrected chi connectivity index (χ4v) is 2.18. The van der Waals surface area contributed by atoms with Crippen molar-refractivity contribution >= 4 is 10.9 Å². The molecule has 1 atom stereocenters. The lowest BCUT2D eigenvalue weighted by Crippen LogP contribution is -1.98. The molecule has 0 aliphatic heterocycles. The lowest BCUT2D eigenvalue weighted by Gasteiger charge is -2.09. The van der Waals surface area contributed by atoms with E-state index in [4.69, 9.17) is 4.42 Å². The van der Waals surface area contributed by atoms with E-state index in [0.29, 0.717) is 5.76 Å². The van der Waals surface area contributed by atoms with Crippen LogP contribution in [0.4, 0.5) is 0 Å². The predicted molar refractivity (Wildman–Crippen MR) is 74.0 cm³/mol. The lowest BCUT2D eigenvalue weighted by molar-refractivity contribution is 0.188. The summed E-state index contributed by atoms with van der Waals surface area (Å²) in [7, 11) is 0. The number of aliphatic hydroxyl groups is 1. The molecule has 1 unspecified atom stereocenters. The Hall–Kier alpha value is -2.13. The van der Waals surface area contributed by atoms with E-state index in [1.54, 1.807) is 6.07 Å². The van der Waals surface area contributed by atoms with Crippen LogP contribution in [0.3, 0.4) is 0 Å². The number of rotatable bonds is 2. The maximum Gasteiger partial charge on any atom is 0.137 e. The van der Waals surface area contributed by atoms with E-state index in [9.17, 15) is 5.11 Å². The predicted octanol–water partition coefficient (Wildman–Crippen LogP) is 3.53. The Morgan fingerprint density at radius 3 is 2.63 bits per heavy atom. The van der Waals surface area contributed by atoms with Crippen LogP contribution in [-0.2, 0) is 0 Å². The molecule has 19 heavy (non-hydrogen) atoms. The van der Waals surface area contributed by atoms with Crippen molar-refractivity contribution in [2.45, 2.75) is 20.0 Å². The highest BCUT2D eigenvalue weighted by Crippen LogP contribution is 2.26. The Bertz CT molecular complexity index is 730. The van der Waals surface area contributed by atoms with Crippen LogP contribution in [0.2, 0.25) is 0 Å². The van der Waals surface area contributed by atoms with Crippen molar-refractivity contribution in [1.82, 2.24) is 4.98 Å². The summed E-state index contributed by atoms with van der Waals surface area (Å²) in [6, 6.07) is 13.4. The number of pyridine rings is 1. The molecule has 3 heteroatoms. The van der Waals surface area contributed by atoms with Crippen LogP contribution in [0, 0.1) is 13.8 Å². The molecule has 1 N–H and O–H groups in total. The minimum Gasteiger partial charge on any atom is -0.463 e. The molecule has 0 saturated carbocycles. The zero-order valence-corrected chi connectivity index (χ0v) is 10.9. The summed E-state index contributed by atoms with van der Waals surface area (Å²) in [6.45, 7) is 3.83. The molecule has 1 aromatic carbocycles. The SMILES string of the molecule is Cc1ccc2cc(C(O)c3ccc(C)o3)ccc2n1. The van der Waals surface area contributed by atoms with Crippen LogP contribution >= 0.6 is 0 Å². The minimum absolute atomic E-state index is 0.567. The Morgan fingerprint density at radius 1 is 1.05 bits per heavy atom. The van der Waals surface area contributed by atoms with Gasteiger partial charge in [0.05, 0.1) is 5.52 Å². The van der Waals surface area contributed by atoms with Gasteiger partial charge in [0.2, 0.25) is 0 Å². The quantitative estimate of drug-likeness (QED) is 0.760. The summed E-state index contributed by atoms with van der Waals surface area (Å²) in [4.78, 5) is 4.45. The Morgan fingerprint density at radius 2 is 1.89 bits per heavy atom. The van der Waals surface area contributed by atoms with Gasteiger partial charge in [-0.1, -0.05) is 12.1 Å². The summed E-state index contributed by atoms with van der Waals surface area (Å²) in [5.41, 5.74) is 2.74. The molecule has 3 rings (SSSR count). The average molecular weight is 253 g/mol. The maximum atomic E-state index is 10.3. The molecule has 2 heterocycles. The van der Waals surface area contributed by atoms with Crippen LogP contribution in [0.15, 0.2) is 46.9 Å². The van der Waals surface area contributed by atoms with E-state index in [-0.39, 0.29) is 0 Å². The summed E-state index contributed by atoms with van der Waals surface area (Å²) in [5, 5.41) is 11.3. The molecule has 0 radical (unpaired) electrons. The third-order valence-corrected chi connectivity index (χ3v) is 3.20. The monoisotopic (exact) mass is 253 g/mol. The number of aliphatic hydroxyl groups excluding tert-OH is 1. The second-order valence-corrected chi connectivity index (χ2v) is 4.76. The molecular weight excluding hydrogens is 238 g/mol. The fourth-order valence-electron chi connectivity index (χ4n) is 2.18. The molecule has 0 spiro atoms. The van der Waals surface area contributed by atoms with Gasteiger partial charge in [-0.05, 0) is 49.7 Å². The second-order valence-electron chi connectivity index (χ2n) is 4.76. The highest BCUT2D eigenvalue weighted by Gasteiger charge is 2.14. The summed E-state index contributed by atoms with van der Waals surface area (Å²) in [5.74, 6) is 1.36. The number of aromatic nitrogens is 1. The van der Waals surface area contributed by atoms with E-state index < -0.39 is 6.10 Å². The molecule has 0 amide bonds. The van der Waals surface area contributed by atoms with Crippen molar-refractivity contribution in [3.05, 3.63) is 65.2 Å². The molecule has 0 fully saturated rings. The fraction of sp³-hybridized carbons (Fsp3) is 0.188. The molecule has 96 valence electrons. The number of fused-ring (bicyclic) bond motifs is 1. The maximum absolute atomic E-state index is 10.3. The van der Waals surface area contributed by atoms with E-state index in [1.807, 2.05) is 50.2 Å². The van der Waals surface area contributed by atoms with Crippen molar-refractivity contribution in [1.29, 1.82) is 0 Å². The summed E-state index contributed by atoms with van der Waals surface area (Å²) < 4.78 is 5.47. The van der Waals surface area contributed by atoms with Gasteiger partial charge in [-0.2, -0.15) is 0 Å². The molecule has 2 aromatic heterocycles. The molecule has 0 bridgehead atoms. The average Bonchev–Trinajstić information content (AvgIpc) is 2.84. The Balaban J connectivity index is 2.03. The third kappa shape index (κ3) is 2.25. The topological polar surface area (TPSA) is 46.3 Å². The van der Waals surface area contributed by atoms with E-state index >= 15 is 0 Å². The van der Waals surface area contributed by atoms with Crippen LogP contribution in [-0.4, -0.2) is 10.1 Å². The van der Waals surface area contributed by atoms with Gasteiger partial charge in [0.1, 0.15) is 17.6 Å². The van der Waals surface area contributed by atoms with E-state index in [0.717, 1.165) is 27.9 Å². The molecular formula is C16H15NO2. The van der Waals surface area contributed by atoms with Gasteiger partial charge in [0, 0.05) is 11.1 Å². The molecule has 0 saturated heterocycles. The van der Waals surface area contributed by atoms with Crippen LogP contribution in [0.5, 0.6) is 0 Å². The largest absolute Gasteiger partial charge is 0.463 e. The van der Waals surface area contributed by atoms with Gasteiger partial charge in [-0.3, -0.25) is 4.98 Å². The third-order valence-electron chi connectivity index (χ3n) is 3.20. The summed E-state index contributed by atoms with van der Waals surface area (Å²) >= 11 is 0. The summed E-state index contributed by atoms with van der Waals surface area (Å²) in [6.07, 6.45) is -0.737. The standard InChI is InChI=1S/C16H15NO2/c1-10-3-5-12-9-13(6-7-14(12)17-10)16(18)15-8-4-11(2)19-15/h3-9,16,18H,1-2H3. The zero-order valence-electron chi connectivity index (χ0n) is 10.9. The van der Waals surface area contributed by atoms with Gasteiger partial charge in [-0.15, -0.1) is 0 Å². The number of hydrogen-bond acceptors (Lipinski definition) is 3. The number of aryl methyl sites for hydroxylation is 2. The van der Waals surface area contributed by atoms with Crippen LogP contribution < -0.4 is 0 Å².